The van der Waals surface area contributed by atoms with Gasteiger partial charge in [0.15, 0.2) is 0 Å². The molecule has 180 valence electrons. The Kier molecular flexibility index (Phi) is 6.17. The predicted octanol–water partition coefficient (Wildman–Crippen LogP) is 5.41. The van der Waals surface area contributed by atoms with Crippen molar-refractivity contribution < 1.29 is 17.9 Å². The number of nitrogens with zero attached hydrogens (tertiary/aromatic N) is 2. The lowest BCUT2D eigenvalue weighted by Crippen LogP contribution is -2.28. The number of anilines is 2. The summed E-state index contributed by atoms with van der Waals surface area (Å²) in [5.74, 6) is 1.02. The summed E-state index contributed by atoms with van der Waals surface area (Å²) >= 11 is 6.17. The highest BCUT2D eigenvalue weighted by molar-refractivity contribution is 7.92. The molecule has 0 saturated heterocycles. The molecule has 1 aromatic heterocycles. The largest absolute Gasteiger partial charge is 0.490 e. The quantitative estimate of drug-likeness (QED) is 0.374. The van der Waals surface area contributed by atoms with Gasteiger partial charge in [0.2, 0.25) is 5.88 Å². The van der Waals surface area contributed by atoms with Crippen LogP contribution in [0, 0.1) is 6.92 Å². The van der Waals surface area contributed by atoms with Crippen LogP contribution in [0.5, 0.6) is 11.6 Å². The van der Waals surface area contributed by atoms with E-state index in [0.29, 0.717) is 22.7 Å². The molecule has 0 aliphatic carbocycles. The molecule has 0 bridgehead atoms. The molecule has 1 N–H and O–H groups in total. The van der Waals surface area contributed by atoms with Gasteiger partial charge in [0, 0.05) is 17.5 Å². The first-order valence-corrected chi connectivity index (χ1v) is 13.0. The zero-order valence-corrected chi connectivity index (χ0v) is 20.9. The van der Waals surface area contributed by atoms with Crippen LogP contribution in [-0.4, -0.2) is 33.6 Å². The number of hydrogen-bond acceptors (Lipinski definition) is 6. The average molecular weight is 510 g/mol. The zero-order chi connectivity index (χ0) is 24.6. The molecule has 0 unspecified atom stereocenters. The van der Waals surface area contributed by atoms with Crippen molar-refractivity contribution >= 4 is 43.9 Å². The average Bonchev–Trinajstić information content (AvgIpc) is 2.84. The number of ether oxygens (including phenoxy) is 2. The summed E-state index contributed by atoms with van der Waals surface area (Å²) < 4.78 is 41.0. The molecule has 1 aliphatic heterocycles. The predicted molar refractivity (Wildman–Crippen MR) is 138 cm³/mol. The fourth-order valence-corrected chi connectivity index (χ4v) is 5.54. The number of halogens is 1. The van der Waals surface area contributed by atoms with Crippen molar-refractivity contribution in [1.29, 1.82) is 0 Å². The molecule has 0 fully saturated rings. The minimum Gasteiger partial charge on any atom is -0.490 e. The summed E-state index contributed by atoms with van der Waals surface area (Å²) in [5.41, 5.74) is 3.32. The van der Waals surface area contributed by atoms with Crippen molar-refractivity contribution in [1.82, 2.24) is 4.98 Å². The van der Waals surface area contributed by atoms with E-state index < -0.39 is 10.0 Å². The van der Waals surface area contributed by atoms with Gasteiger partial charge in [-0.3, -0.25) is 4.72 Å². The highest BCUT2D eigenvalue weighted by Crippen LogP contribution is 2.34. The minimum absolute atomic E-state index is 0.0989. The van der Waals surface area contributed by atoms with E-state index in [1.165, 1.54) is 6.07 Å². The smallest absolute Gasteiger partial charge is 0.262 e. The van der Waals surface area contributed by atoms with Crippen molar-refractivity contribution in [2.45, 2.75) is 18.4 Å². The molecular formula is C26H24ClN3O4S. The Morgan fingerprint density at radius 3 is 2.80 bits per heavy atom. The maximum atomic E-state index is 13.3. The summed E-state index contributed by atoms with van der Waals surface area (Å²) in [7, 11) is -1.92. The van der Waals surface area contributed by atoms with Crippen LogP contribution in [0.1, 0.15) is 11.1 Å². The van der Waals surface area contributed by atoms with Gasteiger partial charge in [0.05, 0.1) is 22.6 Å². The lowest BCUT2D eigenvalue weighted by atomic mass is 10.1. The van der Waals surface area contributed by atoms with E-state index in [4.69, 9.17) is 21.1 Å². The first kappa shape index (κ1) is 23.3. The number of rotatable bonds is 6. The molecule has 5 rings (SSSR count). The summed E-state index contributed by atoms with van der Waals surface area (Å²) in [6.07, 6.45) is 0. The van der Waals surface area contributed by atoms with Crippen molar-refractivity contribution in [2.75, 3.05) is 29.8 Å². The van der Waals surface area contributed by atoms with Crippen LogP contribution in [0.3, 0.4) is 0 Å². The number of likely N-dealkylation sites (N-methyl/N-ethyl adjacent to an activating group) is 1. The first-order chi connectivity index (χ1) is 16.8. The number of sulfonamides is 1. The molecule has 0 spiro atoms. The van der Waals surface area contributed by atoms with E-state index in [0.717, 1.165) is 28.9 Å². The van der Waals surface area contributed by atoms with Crippen molar-refractivity contribution in [3.05, 3.63) is 82.9 Å². The van der Waals surface area contributed by atoms with Crippen molar-refractivity contribution in [2.24, 2.45) is 0 Å². The normalized spacial score (nSPS) is 13.3. The van der Waals surface area contributed by atoms with Gasteiger partial charge >= 0.3 is 0 Å². The number of fused-ring (bicyclic) bond motifs is 2. The molecule has 0 atom stereocenters. The number of aromatic nitrogens is 1. The van der Waals surface area contributed by atoms with Crippen molar-refractivity contribution in [3.8, 4) is 11.6 Å². The second-order valence-electron chi connectivity index (χ2n) is 8.36. The second-order valence-corrected chi connectivity index (χ2v) is 10.4. The first-order valence-electron chi connectivity index (χ1n) is 11.1. The van der Waals surface area contributed by atoms with Gasteiger partial charge in [-0.2, -0.15) is 0 Å². The molecular weight excluding hydrogens is 486 g/mol. The summed E-state index contributed by atoms with van der Waals surface area (Å²) in [5, 5.41) is 1.16. The summed E-state index contributed by atoms with van der Waals surface area (Å²) in [6, 6.07) is 19.8. The molecule has 7 nitrogen and oxygen atoms in total. The van der Waals surface area contributed by atoms with E-state index in [1.807, 2.05) is 49.5 Å². The van der Waals surface area contributed by atoms with Crippen LogP contribution in [0.2, 0.25) is 5.02 Å². The maximum absolute atomic E-state index is 13.3. The number of para-hydroxylation sites is 1. The van der Waals surface area contributed by atoms with Crippen LogP contribution < -0.4 is 19.1 Å². The second kappa shape index (κ2) is 9.28. The van der Waals surface area contributed by atoms with E-state index in [1.54, 1.807) is 25.1 Å². The molecule has 0 amide bonds. The van der Waals surface area contributed by atoms with Crippen LogP contribution in [0.4, 0.5) is 11.4 Å². The third kappa shape index (κ3) is 4.72. The standard InChI is InChI=1S/C26H24ClN3O4S/c1-17-20(27)7-5-9-25(17)35(31,32)29-22-15-19-6-3-4-8-21(19)28-26(22)34-16-18-10-11-24-23(14-18)30(2)12-13-33-24/h3-11,14-15,29H,12-13,16H2,1-2H3. The highest BCUT2D eigenvalue weighted by Gasteiger charge is 2.22. The monoisotopic (exact) mass is 509 g/mol. The Morgan fingerprint density at radius 1 is 1.11 bits per heavy atom. The highest BCUT2D eigenvalue weighted by atomic mass is 35.5. The van der Waals surface area contributed by atoms with Gasteiger partial charge in [-0.05, 0) is 54.4 Å². The summed E-state index contributed by atoms with van der Waals surface area (Å²) in [4.78, 5) is 6.83. The molecule has 2 heterocycles. The Bertz CT molecular complexity index is 1520. The topological polar surface area (TPSA) is 80.8 Å². The molecule has 9 heteroatoms. The summed E-state index contributed by atoms with van der Waals surface area (Å²) in [6.45, 7) is 3.33. The van der Waals surface area contributed by atoms with Gasteiger partial charge in [-0.1, -0.05) is 41.9 Å². The van der Waals surface area contributed by atoms with E-state index >= 15 is 0 Å². The van der Waals surface area contributed by atoms with Gasteiger partial charge in [0.25, 0.3) is 10.0 Å². The number of pyridine rings is 1. The molecule has 3 aromatic carbocycles. The minimum atomic E-state index is -3.94. The third-order valence-corrected chi connectivity index (χ3v) is 7.85. The van der Waals surface area contributed by atoms with Gasteiger partial charge in [-0.25, -0.2) is 13.4 Å². The number of hydrogen-bond donors (Lipinski definition) is 1. The fourth-order valence-electron chi connectivity index (χ4n) is 4.00. The Balaban J connectivity index is 1.48. The van der Waals surface area contributed by atoms with E-state index in [-0.39, 0.29) is 23.1 Å². The Labute approximate surface area is 209 Å². The Morgan fingerprint density at radius 2 is 1.94 bits per heavy atom. The fraction of sp³-hybridized carbons (Fsp3) is 0.192. The van der Waals surface area contributed by atoms with Crippen LogP contribution in [-0.2, 0) is 16.6 Å². The molecule has 0 saturated carbocycles. The molecule has 1 aliphatic rings. The van der Waals surface area contributed by atoms with Crippen LogP contribution in [0.15, 0.2) is 71.6 Å². The lowest BCUT2D eigenvalue weighted by Gasteiger charge is -2.28. The molecule has 35 heavy (non-hydrogen) atoms. The zero-order valence-electron chi connectivity index (χ0n) is 19.3. The van der Waals surface area contributed by atoms with E-state index in [2.05, 4.69) is 14.6 Å². The van der Waals surface area contributed by atoms with Gasteiger partial charge in [0.1, 0.15) is 24.7 Å². The SMILES string of the molecule is Cc1c(Cl)cccc1S(=O)(=O)Nc1cc2ccccc2nc1OCc1ccc2c(c1)N(C)CCO2. The lowest BCUT2D eigenvalue weighted by molar-refractivity contribution is 0.294. The third-order valence-electron chi connectivity index (χ3n) is 5.94. The van der Waals surface area contributed by atoms with Gasteiger partial charge < -0.3 is 14.4 Å². The van der Waals surface area contributed by atoms with Gasteiger partial charge in [-0.15, -0.1) is 0 Å². The number of nitrogens with one attached hydrogen (secondary N) is 1. The molecule has 0 radical (unpaired) electrons. The van der Waals surface area contributed by atoms with E-state index in [9.17, 15) is 8.42 Å². The van der Waals surface area contributed by atoms with Crippen LogP contribution >= 0.6 is 11.6 Å². The Hall–Kier alpha value is -3.49. The molecule has 4 aromatic rings. The van der Waals surface area contributed by atoms with Crippen molar-refractivity contribution in [3.63, 3.8) is 0 Å². The number of benzene rings is 3. The van der Waals surface area contributed by atoms with Crippen LogP contribution in [0.25, 0.3) is 10.9 Å². The maximum Gasteiger partial charge on any atom is 0.262 e.